The summed E-state index contributed by atoms with van der Waals surface area (Å²) in [5.74, 6) is -0.458. The summed E-state index contributed by atoms with van der Waals surface area (Å²) < 4.78 is 0. The Morgan fingerprint density at radius 1 is 1.17 bits per heavy atom. The van der Waals surface area contributed by atoms with Crippen molar-refractivity contribution in [2.24, 2.45) is 0 Å². The number of carbonyl (C=O) groups is 3. The molecule has 7 heteroatoms. The van der Waals surface area contributed by atoms with E-state index in [4.69, 9.17) is 0 Å². The first kappa shape index (κ1) is 18.3. The van der Waals surface area contributed by atoms with E-state index in [0.717, 1.165) is 10.6 Å². The fraction of sp³-hybridized carbons (Fsp3) is 0.471. The zero-order chi connectivity index (χ0) is 17.7. The molecule has 1 heterocycles. The van der Waals surface area contributed by atoms with Crippen LogP contribution in [0.5, 0.6) is 0 Å². The highest BCUT2D eigenvalue weighted by molar-refractivity contribution is 8.01. The Bertz CT molecular complexity index is 631. The summed E-state index contributed by atoms with van der Waals surface area (Å²) in [5.41, 5.74) is 0.779. The topological polar surface area (TPSA) is 69.7 Å². The van der Waals surface area contributed by atoms with Crippen LogP contribution in [0.25, 0.3) is 0 Å². The van der Waals surface area contributed by atoms with Gasteiger partial charge in [0.2, 0.25) is 17.7 Å². The predicted molar refractivity (Wildman–Crippen MR) is 94.9 cm³/mol. The number of rotatable bonds is 6. The highest BCUT2D eigenvalue weighted by Crippen LogP contribution is 2.36. The highest BCUT2D eigenvalue weighted by Gasteiger charge is 2.30. The third-order valence-electron chi connectivity index (χ3n) is 3.98. The van der Waals surface area contributed by atoms with Crippen molar-refractivity contribution in [3.63, 3.8) is 0 Å². The van der Waals surface area contributed by atoms with Crippen molar-refractivity contribution in [3.8, 4) is 0 Å². The molecule has 0 spiro atoms. The van der Waals surface area contributed by atoms with Gasteiger partial charge in [-0.15, -0.1) is 11.8 Å². The number of nitrogens with one attached hydrogen (secondary N) is 1. The van der Waals surface area contributed by atoms with Crippen LogP contribution in [0.1, 0.15) is 20.3 Å². The number of fused-ring (bicyclic) bond motifs is 1. The molecule has 2 rings (SSSR count). The monoisotopic (exact) mass is 349 g/mol. The van der Waals surface area contributed by atoms with Crippen LogP contribution in [-0.4, -0.2) is 59.5 Å². The lowest BCUT2D eigenvalue weighted by molar-refractivity contribution is -0.139. The molecule has 24 heavy (non-hydrogen) atoms. The van der Waals surface area contributed by atoms with Crippen LogP contribution < -0.4 is 5.32 Å². The molecular formula is C17H23N3O3S. The third-order valence-corrected chi connectivity index (χ3v) is 5.26. The van der Waals surface area contributed by atoms with Gasteiger partial charge < -0.3 is 15.1 Å². The maximum absolute atomic E-state index is 12.4. The van der Waals surface area contributed by atoms with Gasteiger partial charge in [-0.2, -0.15) is 0 Å². The number of anilines is 1. The van der Waals surface area contributed by atoms with E-state index in [-0.39, 0.29) is 30.7 Å². The van der Waals surface area contributed by atoms with Gasteiger partial charge in [-0.05, 0) is 26.0 Å². The number of nitrogens with zero attached hydrogens (tertiary/aromatic N) is 2. The van der Waals surface area contributed by atoms with Crippen LogP contribution in [0.3, 0.4) is 0 Å². The Morgan fingerprint density at radius 2 is 1.83 bits per heavy atom. The van der Waals surface area contributed by atoms with Gasteiger partial charge in [-0.25, -0.2) is 0 Å². The van der Waals surface area contributed by atoms with Gasteiger partial charge in [0.1, 0.15) is 0 Å². The smallest absolute Gasteiger partial charge is 0.242 e. The van der Waals surface area contributed by atoms with Crippen LogP contribution in [0.4, 0.5) is 5.69 Å². The molecule has 1 aromatic rings. The van der Waals surface area contributed by atoms with E-state index in [2.05, 4.69) is 5.32 Å². The average molecular weight is 349 g/mol. The zero-order valence-corrected chi connectivity index (χ0v) is 15.1. The largest absolute Gasteiger partial charge is 0.342 e. The molecule has 0 bridgehead atoms. The fourth-order valence-corrected chi connectivity index (χ4v) is 3.61. The van der Waals surface area contributed by atoms with Crippen molar-refractivity contribution in [3.05, 3.63) is 24.3 Å². The SMILES string of the molecule is CCN(CC)C(=O)CN(C)C(=O)C[C@H]1Sc2ccccc2NC1=O. The van der Waals surface area contributed by atoms with E-state index in [1.165, 1.54) is 16.7 Å². The number of benzene rings is 1. The second-order valence-electron chi connectivity index (χ2n) is 5.61. The van der Waals surface area contributed by atoms with Gasteiger partial charge in [0.05, 0.1) is 17.5 Å². The lowest BCUT2D eigenvalue weighted by Gasteiger charge is -2.26. The molecular weight excluding hydrogens is 326 g/mol. The number of likely N-dealkylation sites (N-methyl/N-ethyl adjacent to an activating group) is 2. The summed E-state index contributed by atoms with van der Waals surface area (Å²) in [6.07, 6.45) is 0.0763. The lowest BCUT2D eigenvalue weighted by atomic mass is 10.2. The number of thioether (sulfide) groups is 1. The first-order valence-corrected chi connectivity index (χ1v) is 8.92. The molecule has 130 valence electrons. The maximum Gasteiger partial charge on any atom is 0.242 e. The molecule has 1 N–H and O–H groups in total. The zero-order valence-electron chi connectivity index (χ0n) is 14.2. The van der Waals surface area contributed by atoms with Crippen molar-refractivity contribution in [1.29, 1.82) is 0 Å². The minimum atomic E-state index is -0.474. The number of para-hydroxylation sites is 1. The summed E-state index contributed by atoms with van der Waals surface area (Å²) in [5, 5.41) is 2.35. The van der Waals surface area contributed by atoms with Crippen molar-refractivity contribution in [2.75, 3.05) is 32.0 Å². The van der Waals surface area contributed by atoms with Crippen LogP contribution in [0, 0.1) is 0 Å². The quantitative estimate of drug-likeness (QED) is 0.850. The first-order chi connectivity index (χ1) is 11.5. The molecule has 0 fully saturated rings. The van der Waals surface area contributed by atoms with Gasteiger partial charge in [0.25, 0.3) is 0 Å². The van der Waals surface area contributed by atoms with Gasteiger partial charge in [0.15, 0.2) is 0 Å². The second-order valence-corrected chi connectivity index (χ2v) is 6.86. The lowest BCUT2D eigenvalue weighted by Crippen LogP contribution is -2.42. The third kappa shape index (κ3) is 4.29. The first-order valence-electron chi connectivity index (χ1n) is 8.04. The van der Waals surface area contributed by atoms with E-state index < -0.39 is 5.25 Å². The van der Waals surface area contributed by atoms with E-state index in [0.29, 0.717) is 13.1 Å². The molecule has 0 saturated carbocycles. The Morgan fingerprint density at radius 3 is 2.50 bits per heavy atom. The molecule has 6 nitrogen and oxygen atoms in total. The van der Waals surface area contributed by atoms with Crippen LogP contribution in [-0.2, 0) is 14.4 Å². The van der Waals surface area contributed by atoms with Crippen LogP contribution in [0.15, 0.2) is 29.2 Å². The van der Waals surface area contributed by atoms with E-state index in [1.807, 2.05) is 38.1 Å². The molecule has 1 aromatic carbocycles. The summed E-state index contributed by atoms with van der Waals surface area (Å²) >= 11 is 1.39. The highest BCUT2D eigenvalue weighted by atomic mass is 32.2. The molecule has 0 saturated heterocycles. The molecule has 3 amide bonds. The van der Waals surface area contributed by atoms with Crippen molar-refractivity contribution >= 4 is 35.2 Å². The van der Waals surface area contributed by atoms with Gasteiger partial charge >= 0.3 is 0 Å². The van der Waals surface area contributed by atoms with Crippen molar-refractivity contribution in [1.82, 2.24) is 9.80 Å². The van der Waals surface area contributed by atoms with E-state index in [1.54, 1.807) is 11.9 Å². The summed E-state index contributed by atoms with van der Waals surface area (Å²) in [4.78, 5) is 40.6. The second kappa shape index (κ2) is 8.19. The standard InChI is InChI=1S/C17H23N3O3S/c1-4-20(5-2)16(22)11-19(3)15(21)10-14-17(23)18-12-8-6-7-9-13(12)24-14/h6-9,14H,4-5,10-11H2,1-3H3,(H,18,23)/t14-/m1/s1. The molecule has 1 aliphatic heterocycles. The molecule has 0 radical (unpaired) electrons. The predicted octanol–water partition coefficient (Wildman–Crippen LogP) is 1.82. The van der Waals surface area contributed by atoms with Gasteiger partial charge in [-0.1, -0.05) is 12.1 Å². The van der Waals surface area contributed by atoms with Gasteiger partial charge in [0, 0.05) is 31.5 Å². The summed E-state index contributed by atoms with van der Waals surface area (Å²) in [6, 6.07) is 7.52. The van der Waals surface area contributed by atoms with Crippen molar-refractivity contribution in [2.45, 2.75) is 30.4 Å². The number of hydrogen-bond acceptors (Lipinski definition) is 4. The molecule has 0 aromatic heterocycles. The van der Waals surface area contributed by atoms with Gasteiger partial charge in [-0.3, -0.25) is 14.4 Å². The van der Waals surface area contributed by atoms with E-state index >= 15 is 0 Å². The Hall–Kier alpha value is -2.02. The van der Waals surface area contributed by atoms with E-state index in [9.17, 15) is 14.4 Å². The maximum atomic E-state index is 12.4. The molecule has 1 aliphatic rings. The van der Waals surface area contributed by atoms with Crippen LogP contribution in [0.2, 0.25) is 0 Å². The number of carbonyl (C=O) groups excluding carboxylic acids is 3. The van der Waals surface area contributed by atoms with Crippen molar-refractivity contribution < 1.29 is 14.4 Å². The molecule has 0 unspecified atom stereocenters. The Labute approximate surface area is 146 Å². The number of hydrogen-bond donors (Lipinski definition) is 1. The minimum absolute atomic E-state index is 0.0378. The molecule has 0 aliphatic carbocycles. The Kier molecular flexibility index (Phi) is 6.25. The fourth-order valence-electron chi connectivity index (χ4n) is 2.51. The van der Waals surface area contributed by atoms with Crippen LogP contribution >= 0.6 is 11.8 Å². The number of amides is 3. The Balaban J connectivity index is 1.94. The average Bonchev–Trinajstić information content (AvgIpc) is 2.56. The minimum Gasteiger partial charge on any atom is -0.342 e. The normalized spacial score (nSPS) is 16.1. The summed E-state index contributed by atoms with van der Waals surface area (Å²) in [6.45, 7) is 5.09. The molecule has 1 atom stereocenters. The summed E-state index contributed by atoms with van der Waals surface area (Å²) in [7, 11) is 1.60.